The molecule has 0 radical (unpaired) electrons. The third-order valence-corrected chi connectivity index (χ3v) is 5.86. The van der Waals surface area contributed by atoms with Crippen LogP contribution in [0.5, 0.6) is 11.5 Å². The van der Waals surface area contributed by atoms with Crippen molar-refractivity contribution in [2.45, 2.75) is 45.1 Å². The number of hydrogen-bond acceptors (Lipinski definition) is 5. The SMILES string of the molecule is CCOC(=O)C1(c2cc3c(c(OC(=O)NC)c2)OC(C)(C)C3)C(C)=C1c1ccccc1. The molecule has 0 spiro atoms. The van der Waals surface area contributed by atoms with Crippen LogP contribution in [0.2, 0.25) is 0 Å². The lowest BCUT2D eigenvalue weighted by atomic mass is 9.84. The highest BCUT2D eigenvalue weighted by Crippen LogP contribution is 2.61. The van der Waals surface area contributed by atoms with Gasteiger partial charge in [0.25, 0.3) is 0 Å². The lowest BCUT2D eigenvalue weighted by molar-refractivity contribution is -0.145. The van der Waals surface area contributed by atoms with Crippen molar-refractivity contribution in [2.75, 3.05) is 13.7 Å². The Morgan fingerprint density at radius 2 is 1.87 bits per heavy atom. The number of ether oxygens (including phenoxy) is 3. The fourth-order valence-electron chi connectivity index (χ4n) is 4.54. The summed E-state index contributed by atoms with van der Waals surface area (Å²) in [7, 11) is 1.50. The Labute approximate surface area is 182 Å². The van der Waals surface area contributed by atoms with Crippen LogP contribution in [0.3, 0.4) is 0 Å². The molecule has 2 aromatic carbocycles. The van der Waals surface area contributed by atoms with Gasteiger partial charge in [-0.2, -0.15) is 0 Å². The number of carbonyl (C=O) groups excluding carboxylic acids is 2. The predicted octanol–water partition coefficient (Wildman–Crippen LogP) is 4.41. The Morgan fingerprint density at radius 3 is 2.52 bits per heavy atom. The number of rotatable bonds is 5. The van der Waals surface area contributed by atoms with Crippen molar-refractivity contribution in [2.24, 2.45) is 0 Å². The molecule has 6 heteroatoms. The van der Waals surface area contributed by atoms with Gasteiger partial charge in [0.1, 0.15) is 11.0 Å². The van der Waals surface area contributed by atoms with E-state index in [0.29, 0.717) is 17.9 Å². The summed E-state index contributed by atoms with van der Waals surface area (Å²) in [5.41, 5.74) is 3.02. The molecule has 0 fully saturated rings. The van der Waals surface area contributed by atoms with E-state index in [-0.39, 0.29) is 12.6 Å². The maximum absolute atomic E-state index is 13.3. The van der Waals surface area contributed by atoms with Crippen LogP contribution in [0, 0.1) is 0 Å². The molecule has 1 heterocycles. The first-order chi connectivity index (χ1) is 14.7. The topological polar surface area (TPSA) is 73.9 Å². The largest absolute Gasteiger partial charge is 0.483 e. The van der Waals surface area contributed by atoms with E-state index in [9.17, 15) is 9.59 Å². The van der Waals surface area contributed by atoms with E-state index in [1.807, 2.05) is 57.2 Å². The van der Waals surface area contributed by atoms with Gasteiger partial charge in [0.2, 0.25) is 0 Å². The molecule has 0 bridgehead atoms. The monoisotopic (exact) mass is 421 g/mol. The lowest BCUT2D eigenvalue weighted by Crippen LogP contribution is -2.28. The van der Waals surface area contributed by atoms with Gasteiger partial charge in [0, 0.05) is 19.0 Å². The average molecular weight is 421 g/mol. The van der Waals surface area contributed by atoms with Crippen LogP contribution in [-0.4, -0.2) is 31.3 Å². The van der Waals surface area contributed by atoms with Crippen molar-refractivity contribution in [1.82, 2.24) is 5.32 Å². The number of benzene rings is 2. The first kappa shape index (κ1) is 21.0. The second kappa shape index (κ2) is 7.45. The molecular formula is C25H27NO5. The summed E-state index contributed by atoms with van der Waals surface area (Å²) in [5, 5.41) is 2.47. The molecule has 1 aliphatic heterocycles. The molecular weight excluding hydrogens is 394 g/mol. The maximum atomic E-state index is 13.3. The van der Waals surface area contributed by atoms with Crippen molar-refractivity contribution in [1.29, 1.82) is 0 Å². The van der Waals surface area contributed by atoms with Gasteiger partial charge < -0.3 is 19.5 Å². The molecule has 2 aromatic rings. The second-order valence-electron chi connectivity index (χ2n) is 8.48. The Morgan fingerprint density at radius 1 is 1.16 bits per heavy atom. The third-order valence-electron chi connectivity index (χ3n) is 5.86. The average Bonchev–Trinajstić information content (AvgIpc) is 3.23. The lowest BCUT2D eigenvalue weighted by Gasteiger charge is -2.21. The van der Waals surface area contributed by atoms with Crippen molar-refractivity contribution in [3.8, 4) is 11.5 Å². The summed E-state index contributed by atoms with van der Waals surface area (Å²) in [6, 6.07) is 13.5. The number of amides is 1. The number of fused-ring (bicyclic) bond motifs is 1. The van der Waals surface area contributed by atoms with E-state index in [2.05, 4.69) is 5.32 Å². The van der Waals surface area contributed by atoms with Gasteiger partial charge in [-0.1, -0.05) is 30.3 Å². The molecule has 162 valence electrons. The van der Waals surface area contributed by atoms with Crippen molar-refractivity contribution in [3.63, 3.8) is 0 Å². The molecule has 4 rings (SSSR count). The Hall–Kier alpha value is -3.28. The molecule has 6 nitrogen and oxygen atoms in total. The highest BCUT2D eigenvalue weighted by Gasteiger charge is 2.60. The van der Waals surface area contributed by atoms with Crippen LogP contribution in [0.4, 0.5) is 4.79 Å². The Balaban J connectivity index is 1.87. The molecule has 0 saturated heterocycles. The van der Waals surface area contributed by atoms with Crippen LogP contribution in [0.15, 0.2) is 48.0 Å². The molecule has 1 aliphatic carbocycles. The van der Waals surface area contributed by atoms with Crippen LogP contribution >= 0.6 is 0 Å². The van der Waals surface area contributed by atoms with E-state index >= 15 is 0 Å². The fourth-order valence-corrected chi connectivity index (χ4v) is 4.54. The smallest absolute Gasteiger partial charge is 0.412 e. The summed E-state index contributed by atoms with van der Waals surface area (Å²) in [6.45, 7) is 7.98. The highest BCUT2D eigenvalue weighted by atomic mass is 16.6. The Kier molecular flexibility index (Phi) is 5.04. The van der Waals surface area contributed by atoms with E-state index in [1.165, 1.54) is 7.05 Å². The zero-order chi connectivity index (χ0) is 22.4. The zero-order valence-electron chi connectivity index (χ0n) is 18.5. The van der Waals surface area contributed by atoms with E-state index in [0.717, 1.165) is 27.8 Å². The molecule has 1 atom stereocenters. The highest BCUT2D eigenvalue weighted by molar-refractivity contribution is 6.15. The van der Waals surface area contributed by atoms with Crippen LogP contribution in [0.1, 0.15) is 44.4 Å². The quantitative estimate of drug-likeness (QED) is 0.724. The summed E-state index contributed by atoms with van der Waals surface area (Å²) in [5.74, 6) is 0.513. The summed E-state index contributed by atoms with van der Waals surface area (Å²) in [6.07, 6.45) is 0.0421. The van der Waals surface area contributed by atoms with E-state index < -0.39 is 17.1 Å². The number of esters is 1. The van der Waals surface area contributed by atoms with Gasteiger partial charge in [0.15, 0.2) is 11.5 Å². The summed E-state index contributed by atoms with van der Waals surface area (Å²) < 4.78 is 17.1. The maximum Gasteiger partial charge on any atom is 0.412 e. The summed E-state index contributed by atoms with van der Waals surface area (Å²) >= 11 is 0. The third kappa shape index (κ3) is 3.36. The molecule has 2 aliphatic rings. The number of nitrogens with one attached hydrogen (secondary N) is 1. The molecule has 31 heavy (non-hydrogen) atoms. The molecule has 1 N–H and O–H groups in total. The fraction of sp³-hybridized carbons (Fsp3) is 0.360. The normalized spacial score (nSPS) is 20.5. The zero-order valence-corrected chi connectivity index (χ0v) is 18.5. The van der Waals surface area contributed by atoms with Crippen LogP contribution in [0.25, 0.3) is 5.57 Å². The molecule has 1 amide bonds. The van der Waals surface area contributed by atoms with Gasteiger partial charge in [-0.3, -0.25) is 4.79 Å². The van der Waals surface area contributed by atoms with Crippen LogP contribution < -0.4 is 14.8 Å². The minimum Gasteiger partial charge on any atom is -0.483 e. The molecule has 1 unspecified atom stereocenters. The number of carbonyl (C=O) groups is 2. The minimum atomic E-state index is -1.00. The van der Waals surface area contributed by atoms with E-state index in [1.54, 1.807) is 13.0 Å². The van der Waals surface area contributed by atoms with E-state index in [4.69, 9.17) is 14.2 Å². The minimum absolute atomic E-state index is 0.276. The first-order valence-corrected chi connectivity index (χ1v) is 10.4. The first-order valence-electron chi connectivity index (χ1n) is 10.4. The summed E-state index contributed by atoms with van der Waals surface area (Å²) in [4.78, 5) is 25.3. The van der Waals surface area contributed by atoms with Gasteiger partial charge in [-0.15, -0.1) is 0 Å². The van der Waals surface area contributed by atoms with Gasteiger partial charge in [0.05, 0.1) is 6.61 Å². The van der Waals surface area contributed by atoms with Gasteiger partial charge in [-0.05, 0) is 62.1 Å². The molecule has 0 saturated carbocycles. The van der Waals surface area contributed by atoms with Crippen LogP contribution in [-0.2, 0) is 21.4 Å². The Bertz CT molecular complexity index is 1090. The van der Waals surface area contributed by atoms with Crippen molar-refractivity contribution < 1.29 is 23.8 Å². The second-order valence-corrected chi connectivity index (χ2v) is 8.48. The number of hydrogen-bond donors (Lipinski definition) is 1. The van der Waals surface area contributed by atoms with Gasteiger partial charge >= 0.3 is 12.1 Å². The predicted molar refractivity (Wildman–Crippen MR) is 117 cm³/mol. The van der Waals surface area contributed by atoms with Crippen molar-refractivity contribution in [3.05, 3.63) is 64.7 Å². The standard InChI is InChI=1S/C25H27NO5/c1-6-29-22(27)25(15(2)20(25)16-10-8-7-9-11-16)18-12-17-14-24(3,4)31-21(17)19(13-18)30-23(28)26-5/h7-13H,6,14H2,1-5H3,(H,26,28). The van der Waals surface area contributed by atoms with Gasteiger partial charge in [-0.25, -0.2) is 4.79 Å². The van der Waals surface area contributed by atoms with Crippen molar-refractivity contribution >= 4 is 17.6 Å². The molecule has 0 aromatic heterocycles.